The highest BCUT2D eigenvalue weighted by atomic mass is 15.2. The molecule has 3 rings (SSSR count). The van der Waals surface area contributed by atoms with Crippen LogP contribution in [0.5, 0.6) is 0 Å². The number of anilines is 3. The molecular formula is C17H22N4. The number of aromatic nitrogens is 2. The number of aryl methyl sites for hydroxylation is 2. The van der Waals surface area contributed by atoms with Crippen molar-refractivity contribution in [2.75, 3.05) is 23.3 Å². The van der Waals surface area contributed by atoms with E-state index in [0.717, 1.165) is 42.7 Å². The molecule has 1 aromatic carbocycles. The van der Waals surface area contributed by atoms with Gasteiger partial charge in [-0.25, -0.2) is 9.97 Å². The SMILES string of the molecule is CCc1ccc(Nc2cc(N3CCCC3)nc(C)n2)cc1. The van der Waals surface area contributed by atoms with Crippen LogP contribution in [0.3, 0.4) is 0 Å². The van der Waals surface area contributed by atoms with Gasteiger partial charge in [0.1, 0.15) is 17.5 Å². The lowest BCUT2D eigenvalue weighted by Crippen LogP contribution is -2.19. The summed E-state index contributed by atoms with van der Waals surface area (Å²) in [5, 5.41) is 3.38. The van der Waals surface area contributed by atoms with Gasteiger partial charge in [0.25, 0.3) is 0 Å². The molecule has 0 bridgehead atoms. The van der Waals surface area contributed by atoms with Crippen molar-refractivity contribution in [2.24, 2.45) is 0 Å². The molecule has 0 aliphatic carbocycles. The first-order chi connectivity index (χ1) is 10.2. The zero-order valence-corrected chi connectivity index (χ0v) is 12.8. The van der Waals surface area contributed by atoms with Crippen LogP contribution in [-0.4, -0.2) is 23.1 Å². The Morgan fingerprint density at radius 1 is 1.10 bits per heavy atom. The van der Waals surface area contributed by atoms with E-state index in [0.29, 0.717) is 0 Å². The van der Waals surface area contributed by atoms with Crippen LogP contribution in [0.25, 0.3) is 0 Å². The van der Waals surface area contributed by atoms with E-state index in [9.17, 15) is 0 Å². The van der Waals surface area contributed by atoms with E-state index in [1.54, 1.807) is 0 Å². The smallest absolute Gasteiger partial charge is 0.136 e. The molecule has 1 saturated heterocycles. The van der Waals surface area contributed by atoms with Crippen molar-refractivity contribution < 1.29 is 0 Å². The molecule has 2 aromatic rings. The first-order valence-electron chi connectivity index (χ1n) is 7.71. The third kappa shape index (κ3) is 3.32. The molecule has 1 N–H and O–H groups in total. The lowest BCUT2D eigenvalue weighted by molar-refractivity contribution is 0.912. The number of nitrogens with one attached hydrogen (secondary N) is 1. The van der Waals surface area contributed by atoms with E-state index in [1.807, 2.05) is 13.0 Å². The summed E-state index contributed by atoms with van der Waals surface area (Å²) in [7, 11) is 0. The zero-order chi connectivity index (χ0) is 14.7. The summed E-state index contributed by atoms with van der Waals surface area (Å²) >= 11 is 0. The van der Waals surface area contributed by atoms with Gasteiger partial charge in [-0.15, -0.1) is 0 Å². The lowest BCUT2D eigenvalue weighted by atomic mass is 10.1. The topological polar surface area (TPSA) is 41.0 Å². The van der Waals surface area contributed by atoms with Gasteiger partial charge in [-0.3, -0.25) is 0 Å². The highest BCUT2D eigenvalue weighted by molar-refractivity contribution is 5.60. The number of hydrogen-bond acceptors (Lipinski definition) is 4. The fourth-order valence-corrected chi connectivity index (χ4v) is 2.70. The summed E-state index contributed by atoms with van der Waals surface area (Å²) in [4.78, 5) is 11.4. The molecule has 2 heterocycles. The minimum atomic E-state index is 0.812. The van der Waals surface area contributed by atoms with E-state index < -0.39 is 0 Å². The van der Waals surface area contributed by atoms with Crippen molar-refractivity contribution in [3.05, 3.63) is 41.7 Å². The summed E-state index contributed by atoms with van der Waals surface area (Å²) < 4.78 is 0. The second-order valence-electron chi connectivity index (χ2n) is 5.53. The molecule has 0 saturated carbocycles. The second-order valence-corrected chi connectivity index (χ2v) is 5.53. The van der Waals surface area contributed by atoms with Crippen LogP contribution in [0.2, 0.25) is 0 Å². The summed E-state index contributed by atoms with van der Waals surface area (Å²) in [6.07, 6.45) is 3.57. The monoisotopic (exact) mass is 282 g/mol. The predicted molar refractivity (Wildman–Crippen MR) is 87.3 cm³/mol. The van der Waals surface area contributed by atoms with Crippen molar-refractivity contribution >= 4 is 17.3 Å². The highest BCUT2D eigenvalue weighted by Crippen LogP contribution is 2.23. The second kappa shape index (κ2) is 6.12. The summed E-state index contributed by atoms with van der Waals surface area (Å²) in [6, 6.07) is 10.6. The predicted octanol–water partition coefficient (Wildman–Crippen LogP) is 3.69. The van der Waals surface area contributed by atoms with E-state index in [1.165, 1.54) is 18.4 Å². The highest BCUT2D eigenvalue weighted by Gasteiger charge is 2.15. The van der Waals surface area contributed by atoms with E-state index in [-0.39, 0.29) is 0 Å². The minimum Gasteiger partial charge on any atom is -0.356 e. The third-order valence-corrected chi connectivity index (χ3v) is 3.89. The van der Waals surface area contributed by atoms with Gasteiger partial charge < -0.3 is 10.2 Å². The molecule has 1 aliphatic rings. The Labute approximate surface area is 126 Å². The van der Waals surface area contributed by atoms with Gasteiger partial charge in [0, 0.05) is 24.8 Å². The first kappa shape index (κ1) is 13.9. The average Bonchev–Trinajstić information content (AvgIpc) is 3.02. The third-order valence-electron chi connectivity index (χ3n) is 3.89. The Balaban J connectivity index is 1.80. The quantitative estimate of drug-likeness (QED) is 0.928. The molecule has 0 radical (unpaired) electrons. The van der Waals surface area contributed by atoms with Crippen molar-refractivity contribution in [1.29, 1.82) is 0 Å². The van der Waals surface area contributed by atoms with Gasteiger partial charge in [0.2, 0.25) is 0 Å². The normalized spacial score (nSPS) is 14.5. The fourth-order valence-electron chi connectivity index (χ4n) is 2.70. The Hall–Kier alpha value is -2.10. The number of nitrogens with zero attached hydrogens (tertiary/aromatic N) is 3. The first-order valence-corrected chi connectivity index (χ1v) is 7.71. The maximum atomic E-state index is 4.56. The van der Waals surface area contributed by atoms with E-state index >= 15 is 0 Å². The van der Waals surface area contributed by atoms with Crippen LogP contribution in [0.1, 0.15) is 31.2 Å². The van der Waals surface area contributed by atoms with E-state index in [4.69, 9.17) is 0 Å². The standard InChI is InChI=1S/C17H22N4/c1-3-14-6-8-15(9-7-14)20-16-12-17(19-13(2)18-16)21-10-4-5-11-21/h6-9,12H,3-5,10-11H2,1-2H3,(H,18,19,20). The van der Waals surface area contributed by atoms with Crippen molar-refractivity contribution in [3.8, 4) is 0 Å². The average molecular weight is 282 g/mol. The maximum Gasteiger partial charge on any atom is 0.136 e. The van der Waals surface area contributed by atoms with Crippen LogP contribution in [0, 0.1) is 6.92 Å². The molecular weight excluding hydrogens is 260 g/mol. The van der Waals surface area contributed by atoms with Crippen molar-refractivity contribution in [2.45, 2.75) is 33.1 Å². The number of hydrogen-bond donors (Lipinski definition) is 1. The molecule has 0 amide bonds. The summed E-state index contributed by atoms with van der Waals surface area (Å²) in [5.74, 6) is 2.72. The molecule has 0 atom stereocenters. The minimum absolute atomic E-state index is 0.812. The van der Waals surface area contributed by atoms with Crippen LogP contribution in [0.15, 0.2) is 30.3 Å². The summed E-state index contributed by atoms with van der Waals surface area (Å²) in [6.45, 7) is 6.31. The Morgan fingerprint density at radius 2 is 1.81 bits per heavy atom. The number of benzene rings is 1. The molecule has 1 aliphatic heterocycles. The van der Waals surface area contributed by atoms with Gasteiger partial charge in [-0.05, 0) is 43.9 Å². The molecule has 0 unspecified atom stereocenters. The van der Waals surface area contributed by atoms with Gasteiger partial charge >= 0.3 is 0 Å². The van der Waals surface area contributed by atoms with Gasteiger partial charge in [-0.1, -0.05) is 19.1 Å². The molecule has 21 heavy (non-hydrogen) atoms. The van der Waals surface area contributed by atoms with Crippen LogP contribution < -0.4 is 10.2 Å². The summed E-state index contributed by atoms with van der Waals surface area (Å²) in [5.41, 5.74) is 2.41. The molecule has 110 valence electrons. The largest absolute Gasteiger partial charge is 0.356 e. The molecule has 1 fully saturated rings. The fraction of sp³-hybridized carbons (Fsp3) is 0.412. The van der Waals surface area contributed by atoms with Crippen molar-refractivity contribution in [3.63, 3.8) is 0 Å². The van der Waals surface area contributed by atoms with Gasteiger partial charge in [-0.2, -0.15) is 0 Å². The maximum absolute atomic E-state index is 4.56. The van der Waals surface area contributed by atoms with E-state index in [2.05, 4.69) is 51.4 Å². The Morgan fingerprint density at radius 3 is 2.48 bits per heavy atom. The van der Waals surface area contributed by atoms with Gasteiger partial charge in [0.05, 0.1) is 0 Å². The molecule has 4 nitrogen and oxygen atoms in total. The molecule has 0 spiro atoms. The molecule has 1 aromatic heterocycles. The van der Waals surface area contributed by atoms with Crippen LogP contribution in [-0.2, 0) is 6.42 Å². The number of rotatable bonds is 4. The molecule has 4 heteroatoms. The van der Waals surface area contributed by atoms with Crippen molar-refractivity contribution in [1.82, 2.24) is 9.97 Å². The van der Waals surface area contributed by atoms with Gasteiger partial charge in [0.15, 0.2) is 0 Å². The zero-order valence-electron chi connectivity index (χ0n) is 12.8. The van der Waals surface area contributed by atoms with Crippen LogP contribution in [0.4, 0.5) is 17.3 Å². The Bertz CT molecular complexity index is 601. The lowest BCUT2D eigenvalue weighted by Gasteiger charge is -2.17. The Kier molecular flexibility index (Phi) is 4.04. The van der Waals surface area contributed by atoms with Crippen LogP contribution >= 0.6 is 0 Å².